The number of hydrogen-bond donors (Lipinski definition) is 1. The van der Waals surface area contributed by atoms with Gasteiger partial charge in [0.25, 0.3) is 11.6 Å². The maximum Gasteiger partial charge on any atom is 0.271 e. The molecule has 0 aliphatic carbocycles. The predicted molar refractivity (Wildman–Crippen MR) is 106 cm³/mol. The van der Waals surface area contributed by atoms with E-state index in [0.29, 0.717) is 6.54 Å². The summed E-state index contributed by atoms with van der Waals surface area (Å²) >= 11 is 0. The Morgan fingerprint density at radius 2 is 1.81 bits per heavy atom. The molecule has 5 heteroatoms. The number of aliphatic hydroxyl groups is 1. The van der Waals surface area contributed by atoms with Crippen molar-refractivity contribution in [3.05, 3.63) is 54.1 Å². The van der Waals surface area contributed by atoms with Gasteiger partial charge in [0.1, 0.15) is 5.75 Å². The molecule has 2 aromatic rings. The Bertz CT molecular complexity index is 850. The summed E-state index contributed by atoms with van der Waals surface area (Å²) in [6, 6.07) is 15.8. The first-order chi connectivity index (χ1) is 13.2. The van der Waals surface area contributed by atoms with Gasteiger partial charge < -0.3 is 14.6 Å². The van der Waals surface area contributed by atoms with Gasteiger partial charge in [0.05, 0.1) is 20.8 Å². The molecule has 2 aliphatic heterocycles. The fourth-order valence-corrected chi connectivity index (χ4v) is 4.25. The summed E-state index contributed by atoms with van der Waals surface area (Å²) < 4.78 is 13.3. The molecule has 4 rings (SSSR count). The molecule has 0 amide bonds. The Balaban J connectivity index is 1.85. The Kier molecular flexibility index (Phi) is 4.79. The number of β-amino-alcohol motifs (C(OH)–C–C–N with tert-alkyl or cyclic N) is 1. The zero-order valence-corrected chi connectivity index (χ0v) is 16.0. The Morgan fingerprint density at radius 3 is 2.56 bits per heavy atom. The second-order valence-corrected chi connectivity index (χ2v) is 7.19. The van der Waals surface area contributed by atoms with Gasteiger partial charge in [0.15, 0.2) is 18.0 Å². The number of amidine groups is 1. The number of nitrogens with zero attached hydrogens (tertiary/aromatic N) is 2. The van der Waals surface area contributed by atoms with E-state index in [1.54, 1.807) is 14.2 Å². The normalized spacial score (nSPS) is 22.4. The van der Waals surface area contributed by atoms with Crippen LogP contribution in [0.3, 0.4) is 0 Å². The molecule has 0 saturated heterocycles. The van der Waals surface area contributed by atoms with Crippen LogP contribution in [0.1, 0.15) is 31.2 Å². The molecule has 5 nitrogen and oxygen atoms in total. The zero-order valence-electron chi connectivity index (χ0n) is 16.0. The molecular weight excluding hydrogens is 340 g/mol. The van der Waals surface area contributed by atoms with E-state index in [2.05, 4.69) is 9.48 Å². The molecule has 1 unspecified atom stereocenters. The Labute approximate surface area is 160 Å². The highest BCUT2D eigenvalue weighted by Gasteiger charge is 2.52. The van der Waals surface area contributed by atoms with E-state index in [0.717, 1.165) is 54.4 Å². The van der Waals surface area contributed by atoms with Crippen molar-refractivity contribution >= 4 is 11.5 Å². The van der Waals surface area contributed by atoms with Crippen molar-refractivity contribution < 1.29 is 19.2 Å². The highest BCUT2D eigenvalue weighted by Crippen LogP contribution is 2.40. The van der Waals surface area contributed by atoms with E-state index in [4.69, 9.17) is 9.47 Å². The van der Waals surface area contributed by atoms with Crippen LogP contribution in [0.15, 0.2) is 48.5 Å². The summed E-state index contributed by atoms with van der Waals surface area (Å²) in [7, 11) is 3.35. The van der Waals surface area contributed by atoms with Gasteiger partial charge >= 0.3 is 0 Å². The number of methoxy groups -OCH3 is 2. The number of hydrogen-bond acceptors (Lipinski definition) is 4. The van der Waals surface area contributed by atoms with Crippen molar-refractivity contribution in [3.8, 4) is 11.5 Å². The topological polar surface area (TPSA) is 44.9 Å². The van der Waals surface area contributed by atoms with E-state index in [1.165, 1.54) is 6.42 Å². The van der Waals surface area contributed by atoms with Crippen molar-refractivity contribution in [1.82, 2.24) is 0 Å². The highest BCUT2D eigenvalue weighted by atomic mass is 16.5. The predicted octanol–water partition coefficient (Wildman–Crippen LogP) is 3.35. The van der Waals surface area contributed by atoms with Crippen molar-refractivity contribution in [2.75, 3.05) is 32.2 Å². The molecule has 27 heavy (non-hydrogen) atoms. The number of ether oxygens (including phenoxy) is 2. The molecule has 0 radical (unpaired) electrons. The lowest BCUT2D eigenvalue weighted by molar-refractivity contribution is -0.658. The van der Waals surface area contributed by atoms with Crippen molar-refractivity contribution in [2.24, 2.45) is 0 Å². The van der Waals surface area contributed by atoms with Crippen LogP contribution >= 0.6 is 0 Å². The van der Waals surface area contributed by atoms with E-state index in [-0.39, 0.29) is 0 Å². The van der Waals surface area contributed by atoms with Crippen LogP contribution in [0.2, 0.25) is 0 Å². The second kappa shape index (κ2) is 7.24. The molecule has 0 bridgehead atoms. The molecule has 1 N–H and O–H groups in total. The maximum atomic E-state index is 11.8. The highest BCUT2D eigenvalue weighted by molar-refractivity contribution is 5.97. The fourth-order valence-electron chi connectivity index (χ4n) is 4.25. The first-order valence-corrected chi connectivity index (χ1v) is 9.58. The van der Waals surface area contributed by atoms with Gasteiger partial charge in [-0.15, -0.1) is 0 Å². The first kappa shape index (κ1) is 17.9. The van der Waals surface area contributed by atoms with E-state index >= 15 is 0 Å². The lowest BCUT2D eigenvalue weighted by Crippen LogP contribution is -2.41. The van der Waals surface area contributed by atoms with Crippen LogP contribution in [0.5, 0.6) is 11.5 Å². The van der Waals surface area contributed by atoms with Gasteiger partial charge in [0.2, 0.25) is 0 Å². The van der Waals surface area contributed by atoms with Gasteiger partial charge in [-0.1, -0.05) is 30.3 Å². The largest absolute Gasteiger partial charge is 0.497 e. The average molecular weight is 367 g/mol. The van der Waals surface area contributed by atoms with Gasteiger partial charge in [0, 0.05) is 18.1 Å². The SMILES string of the molecule is COc1ccc(OC)c(N2CC(O)(c3ccccc3)[N+]3=C2CCCCC3)c1. The van der Waals surface area contributed by atoms with Gasteiger partial charge in [-0.3, -0.25) is 0 Å². The average Bonchev–Trinajstić information content (AvgIpc) is 2.87. The molecule has 2 heterocycles. The summed E-state index contributed by atoms with van der Waals surface area (Å²) in [5.41, 5.74) is 0.814. The minimum Gasteiger partial charge on any atom is -0.497 e. The first-order valence-electron chi connectivity index (χ1n) is 9.58. The Morgan fingerprint density at radius 1 is 1.00 bits per heavy atom. The lowest BCUT2D eigenvalue weighted by atomic mass is 10.0. The standard InChI is InChI=1S/C22H27N2O3/c1-26-18-12-13-20(27-2)19(15-18)23-16-22(25,17-9-5-3-6-10-17)24-14-8-4-7-11-21(23)24/h3,5-6,9-10,12-13,15,25H,4,7-8,11,14,16H2,1-2H3/q+1. The van der Waals surface area contributed by atoms with Crippen LogP contribution in [0.25, 0.3) is 0 Å². The van der Waals surface area contributed by atoms with Gasteiger partial charge in [-0.25, -0.2) is 9.48 Å². The summed E-state index contributed by atoms with van der Waals surface area (Å²) in [6.45, 7) is 1.32. The summed E-state index contributed by atoms with van der Waals surface area (Å²) in [4.78, 5) is 2.21. The third kappa shape index (κ3) is 3.06. The number of rotatable bonds is 4. The van der Waals surface area contributed by atoms with Crippen LogP contribution in [-0.2, 0) is 5.72 Å². The molecule has 0 aromatic heterocycles. The molecule has 2 aromatic carbocycles. The molecule has 2 aliphatic rings. The van der Waals surface area contributed by atoms with Crippen molar-refractivity contribution in [2.45, 2.75) is 31.4 Å². The number of benzene rings is 2. The Hall–Kier alpha value is -2.53. The molecular formula is C22H27N2O3+. The summed E-state index contributed by atoms with van der Waals surface area (Å²) in [6.07, 6.45) is 4.32. The minimum absolute atomic E-state index is 0.468. The van der Waals surface area contributed by atoms with Crippen LogP contribution < -0.4 is 14.4 Å². The van der Waals surface area contributed by atoms with Crippen LogP contribution in [0, 0.1) is 0 Å². The molecule has 142 valence electrons. The van der Waals surface area contributed by atoms with E-state index < -0.39 is 5.72 Å². The third-order valence-corrected chi connectivity index (χ3v) is 5.64. The quantitative estimate of drug-likeness (QED) is 0.842. The maximum absolute atomic E-state index is 11.8. The van der Waals surface area contributed by atoms with Crippen molar-refractivity contribution in [1.29, 1.82) is 0 Å². The van der Waals surface area contributed by atoms with Crippen molar-refractivity contribution in [3.63, 3.8) is 0 Å². The summed E-state index contributed by atoms with van der Waals surface area (Å²) in [5.74, 6) is 2.72. The molecule has 0 saturated carbocycles. The lowest BCUT2D eigenvalue weighted by Gasteiger charge is -2.23. The molecule has 0 spiro atoms. The number of anilines is 1. The molecule has 0 fully saturated rings. The summed E-state index contributed by atoms with van der Waals surface area (Å²) in [5, 5.41) is 11.8. The molecule has 1 atom stereocenters. The third-order valence-electron chi connectivity index (χ3n) is 5.64. The van der Waals surface area contributed by atoms with Gasteiger partial charge in [-0.05, 0) is 31.4 Å². The zero-order chi connectivity index (χ0) is 18.9. The van der Waals surface area contributed by atoms with E-state index in [1.807, 2.05) is 48.5 Å². The minimum atomic E-state index is -1.05. The fraction of sp³-hybridized carbons (Fsp3) is 0.409. The van der Waals surface area contributed by atoms with Gasteiger partial charge in [-0.2, -0.15) is 0 Å². The second-order valence-electron chi connectivity index (χ2n) is 7.19. The van der Waals surface area contributed by atoms with Crippen LogP contribution in [0.4, 0.5) is 5.69 Å². The van der Waals surface area contributed by atoms with Crippen LogP contribution in [-0.4, -0.2) is 42.8 Å². The van der Waals surface area contributed by atoms with E-state index in [9.17, 15) is 5.11 Å². The monoisotopic (exact) mass is 367 g/mol. The smallest absolute Gasteiger partial charge is 0.271 e.